The van der Waals surface area contributed by atoms with E-state index >= 15 is 0 Å². The van der Waals surface area contributed by atoms with Gasteiger partial charge in [-0.05, 0) is 0 Å². The zero-order chi connectivity index (χ0) is 8.69. The summed E-state index contributed by atoms with van der Waals surface area (Å²) in [4.78, 5) is 2.73. The lowest BCUT2D eigenvalue weighted by molar-refractivity contribution is 0.0496. The summed E-state index contributed by atoms with van der Waals surface area (Å²) in [6.45, 7) is 2.03. The molecule has 5 nitrogen and oxygen atoms in total. The van der Waals surface area contributed by atoms with Crippen molar-refractivity contribution >= 4 is 0 Å². The van der Waals surface area contributed by atoms with Crippen LogP contribution >= 0.6 is 0 Å². The van der Waals surface area contributed by atoms with E-state index in [2.05, 4.69) is 9.71 Å². The molecule has 11 heavy (non-hydrogen) atoms. The Morgan fingerprint density at radius 2 is 2.18 bits per heavy atom. The highest BCUT2D eigenvalue weighted by Crippen LogP contribution is 2.02. The third-order valence-electron chi connectivity index (χ3n) is 0.986. The van der Waals surface area contributed by atoms with Crippen molar-refractivity contribution in [3.63, 3.8) is 0 Å². The molecule has 0 bridgehead atoms. The summed E-state index contributed by atoms with van der Waals surface area (Å²) in [7, 11) is 1.52. The van der Waals surface area contributed by atoms with Gasteiger partial charge in [-0.1, -0.05) is 0 Å². The molecule has 0 saturated carbocycles. The van der Waals surface area contributed by atoms with Crippen LogP contribution in [0.3, 0.4) is 0 Å². The zero-order valence-electron chi connectivity index (χ0n) is 6.57. The molecule has 0 aliphatic rings. The molecular formula is C6H11N2O3+. The van der Waals surface area contributed by atoms with Crippen LogP contribution in [-0.4, -0.2) is 25.4 Å². The molecule has 0 aliphatic carbocycles. The predicted octanol–water partition coefficient (Wildman–Crippen LogP) is 1.25. The van der Waals surface area contributed by atoms with Crippen molar-refractivity contribution in [1.82, 2.24) is 0 Å². The topological polar surface area (TPSA) is 66.8 Å². The van der Waals surface area contributed by atoms with E-state index in [1.165, 1.54) is 14.0 Å². The number of hydrogen-bond acceptors (Lipinski definition) is 4. The van der Waals surface area contributed by atoms with Crippen molar-refractivity contribution in [2.45, 2.75) is 6.92 Å². The molecule has 0 aromatic rings. The molecule has 0 rings (SSSR count). The number of aliphatic hydroxyl groups excluding tert-OH is 1. The maximum Gasteiger partial charge on any atom is 0.437 e. The molecule has 5 heteroatoms. The number of hydrogen-bond donors (Lipinski definition) is 1. The summed E-state index contributed by atoms with van der Waals surface area (Å²) < 4.78 is 9.35. The van der Waals surface area contributed by atoms with Gasteiger partial charge in [-0.25, -0.2) is 0 Å². The van der Waals surface area contributed by atoms with Crippen LogP contribution in [0, 0.1) is 5.39 Å². The number of aliphatic hydroxyl groups is 1. The Morgan fingerprint density at radius 3 is 2.64 bits per heavy atom. The van der Waals surface area contributed by atoms with Gasteiger partial charge in [0.2, 0.25) is 5.39 Å². The fraction of sp³-hybridized carbons (Fsp3) is 0.667. The molecule has 0 aromatic heterocycles. The van der Waals surface area contributed by atoms with Crippen molar-refractivity contribution < 1.29 is 14.6 Å². The van der Waals surface area contributed by atoms with Crippen LogP contribution in [0.5, 0.6) is 0 Å². The van der Waals surface area contributed by atoms with Crippen LogP contribution in [0.15, 0.2) is 11.6 Å². The quantitative estimate of drug-likeness (QED) is 0.381. The van der Waals surface area contributed by atoms with Gasteiger partial charge in [-0.3, -0.25) is 0 Å². The van der Waals surface area contributed by atoms with Gasteiger partial charge in [0.1, 0.15) is 6.61 Å². The van der Waals surface area contributed by atoms with Crippen LogP contribution < -0.4 is 0 Å². The molecule has 0 unspecified atom stereocenters. The second-order valence-corrected chi connectivity index (χ2v) is 1.83. The fourth-order valence-corrected chi connectivity index (χ4v) is 0.369. The first-order valence-corrected chi connectivity index (χ1v) is 3.09. The van der Waals surface area contributed by atoms with E-state index in [1.807, 2.05) is 0 Å². The fourth-order valence-electron chi connectivity index (χ4n) is 0.369. The molecule has 0 amide bonds. The number of allylic oxidation sites excluding steroid dienone is 1. The first-order chi connectivity index (χ1) is 5.22. The van der Waals surface area contributed by atoms with Crippen LogP contribution in [0.25, 0.3) is 4.98 Å². The van der Waals surface area contributed by atoms with E-state index in [0.717, 1.165) is 0 Å². The van der Waals surface area contributed by atoms with E-state index in [-0.39, 0.29) is 18.2 Å². The summed E-state index contributed by atoms with van der Waals surface area (Å²) >= 11 is 0. The monoisotopic (exact) mass is 159 g/mol. The Morgan fingerprint density at radius 1 is 1.55 bits per heavy atom. The van der Waals surface area contributed by atoms with Gasteiger partial charge in [0.05, 0.1) is 13.5 Å². The average Bonchev–Trinajstić information content (AvgIpc) is 2.03. The number of rotatable bonds is 4. The van der Waals surface area contributed by atoms with Gasteiger partial charge in [0.25, 0.3) is 0 Å². The summed E-state index contributed by atoms with van der Waals surface area (Å²) in [5.74, 6) is -0.385. The first-order valence-electron chi connectivity index (χ1n) is 3.09. The SMILES string of the molecule is COCCOC(O)=C(C)[N+]#N. The number of ether oxygens (including phenoxy) is 2. The van der Waals surface area contributed by atoms with Gasteiger partial charge in [0.15, 0.2) is 4.98 Å². The summed E-state index contributed by atoms with van der Waals surface area (Å²) in [6.07, 6.45) is 0. The van der Waals surface area contributed by atoms with Crippen molar-refractivity contribution in [1.29, 1.82) is 5.39 Å². The molecule has 0 spiro atoms. The Kier molecular flexibility index (Phi) is 4.86. The van der Waals surface area contributed by atoms with E-state index in [0.29, 0.717) is 6.61 Å². The van der Waals surface area contributed by atoms with Gasteiger partial charge in [0, 0.05) is 7.11 Å². The second kappa shape index (κ2) is 5.50. The third kappa shape index (κ3) is 4.17. The Bertz CT molecular complexity index is 183. The molecular weight excluding hydrogens is 148 g/mol. The van der Waals surface area contributed by atoms with Crippen LogP contribution in [0.2, 0.25) is 0 Å². The van der Waals surface area contributed by atoms with Crippen LogP contribution in [0.4, 0.5) is 0 Å². The van der Waals surface area contributed by atoms with Gasteiger partial charge >= 0.3 is 11.6 Å². The molecule has 0 aliphatic heterocycles. The van der Waals surface area contributed by atoms with E-state index < -0.39 is 0 Å². The average molecular weight is 159 g/mol. The molecule has 0 aromatic carbocycles. The smallest absolute Gasteiger partial charge is 0.437 e. The summed E-state index contributed by atoms with van der Waals surface area (Å²) in [5.41, 5.74) is 0.0427. The van der Waals surface area contributed by atoms with Gasteiger partial charge in [-0.15, -0.1) is 0 Å². The summed E-state index contributed by atoms with van der Waals surface area (Å²) in [6, 6.07) is 0. The van der Waals surface area contributed by atoms with Gasteiger partial charge < -0.3 is 14.6 Å². The minimum Gasteiger partial charge on any atom is -0.475 e. The van der Waals surface area contributed by atoms with E-state index in [9.17, 15) is 0 Å². The molecule has 0 saturated heterocycles. The lowest BCUT2D eigenvalue weighted by Gasteiger charge is -1.99. The normalized spacial score (nSPS) is 11.7. The maximum atomic E-state index is 8.89. The second-order valence-electron chi connectivity index (χ2n) is 1.83. The summed E-state index contributed by atoms with van der Waals surface area (Å²) in [5, 5.41) is 17.1. The minimum atomic E-state index is -0.385. The minimum absolute atomic E-state index is 0.0427. The molecule has 0 radical (unpaired) electrons. The predicted molar refractivity (Wildman–Crippen MR) is 38.2 cm³/mol. The molecule has 1 N–H and O–H groups in total. The maximum absolute atomic E-state index is 8.89. The Labute approximate surface area is 64.9 Å². The van der Waals surface area contributed by atoms with Crippen LogP contribution in [0.1, 0.15) is 6.92 Å². The largest absolute Gasteiger partial charge is 0.475 e. The lowest BCUT2D eigenvalue weighted by Crippen LogP contribution is -2.02. The van der Waals surface area contributed by atoms with E-state index in [4.69, 9.17) is 15.2 Å². The zero-order valence-corrected chi connectivity index (χ0v) is 6.57. The Balaban J connectivity index is 3.70. The number of diazo groups is 1. The highest BCUT2D eigenvalue weighted by atomic mass is 16.6. The standard InChI is InChI=1S/C6H10N2O3/c1-5(8-7)6(9)11-4-3-10-2/h3-4H2,1-2H3/p+1. The molecule has 0 atom stereocenters. The Hall–Kier alpha value is -1.28. The highest BCUT2D eigenvalue weighted by Gasteiger charge is 2.12. The van der Waals surface area contributed by atoms with Crippen molar-refractivity contribution in [2.24, 2.45) is 0 Å². The highest BCUT2D eigenvalue weighted by molar-refractivity contribution is 5.04. The van der Waals surface area contributed by atoms with Crippen molar-refractivity contribution in [3.05, 3.63) is 16.6 Å². The molecule has 0 fully saturated rings. The van der Waals surface area contributed by atoms with Crippen molar-refractivity contribution in [2.75, 3.05) is 20.3 Å². The molecule has 62 valence electrons. The van der Waals surface area contributed by atoms with Crippen molar-refractivity contribution in [3.8, 4) is 0 Å². The molecule has 0 heterocycles. The number of nitrogens with zero attached hydrogens (tertiary/aromatic N) is 2. The number of methoxy groups -OCH3 is 1. The van der Waals surface area contributed by atoms with Gasteiger partial charge in [-0.2, -0.15) is 0 Å². The third-order valence-corrected chi connectivity index (χ3v) is 0.986. The van der Waals surface area contributed by atoms with E-state index in [1.54, 1.807) is 0 Å². The van der Waals surface area contributed by atoms with Crippen LogP contribution in [-0.2, 0) is 9.47 Å². The lowest BCUT2D eigenvalue weighted by atomic mass is 10.5. The first kappa shape index (κ1) is 9.72.